The van der Waals surface area contributed by atoms with Gasteiger partial charge in [-0.25, -0.2) is 4.98 Å². The summed E-state index contributed by atoms with van der Waals surface area (Å²) in [5.74, 6) is 0.674. The predicted molar refractivity (Wildman–Crippen MR) is 55.4 cm³/mol. The summed E-state index contributed by atoms with van der Waals surface area (Å²) in [4.78, 5) is 4.20. The molecule has 0 aliphatic carbocycles. The summed E-state index contributed by atoms with van der Waals surface area (Å²) >= 11 is 1.29. The number of nitrogens with one attached hydrogen (secondary N) is 1. The molecule has 0 aliphatic rings. The molecule has 0 fully saturated rings. The molecule has 1 aromatic rings. The molecule has 14 heavy (non-hydrogen) atoms. The lowest BCUT2D eigenvalue weighted by atomic mass is 10.2. The van der Waals surface area contributed by atoms with Crippen LogP contribution in [0.4, 0.5) is 5.13 Å². The van der Waals surface area contributed by atoms with E-state index in [2.05, 4.69) is 14.7 Å². The second kappa shape index (κ2) is 5.90. The highest BCUT2D eigenvalue weighted by atomic mass is 32.1. The summed E-state index contributed by atoms with van der Waals surface area (Å²) in [6.07, 6.45) is 0.857. The zero-order valence-corrected chi connectivity index (χ0v) is 9.17. The first-order valence-corrected chi connectivity index (χ1v) is 5.26. The lowest BCUT2D eigenvalue weighted by Crippen LogP contribution is -2.22. The van der Waals surface area contributed by atoms with Gasteiger partial charge in [-0.15, -0.1) is 0 Å². The highest BCUT2D eigenvalue weighted by Crippen LogP contribution is 2.13. The van der Waals surface area contributed by atoms with Crippen molar-refractivity contribution in [3.63, 3.8) is 0 Å². The maximum absolute atomic E-state index is 8.97. The average Bonchev–Trinajstić information content (AvgIpc) is 2.63. The van der Waals surface area contributed by atoms with E-state index in [1.165, 1.54) is 11.5 Å². The van der Waals surface area contributed by atoms with Crippen molar-refractivity contribution >= 4 is 16.7 Å². The van der Waals surface area contributed by atoms with Crippen LogP contribution in [-0.4, -0.2) is 34.2 Å². The summed E-state index contributed by atoms with van der Waals surface area (Å²) in [6, 6.07) is 0.0540. The number of hydrogen-bond acceptors (Lipinski definition) is 6. The van der Waals surface area contributed by atoms with E-state index in [9.17, 15) is 0 Å². The molecule has 0 saturated carbocycles. The molecule has 1 rings (SSSR count). The molecule has 6 heteroatoms. The van der Waals surface area contributed by atoms with Crippen LogP contribution < -0.4 is 5.32 Å². The highest BCUT2D eigenvalue weighted by Gasteiger charge is 2.08. The van der Waals surface area contributed by atoms with Crippen molar-refractivity contribution in [2.45, 2.75) is 26.0 Å². The second-order valence-electron chi connectivity index (χ2n) is 2.88. The van der Waals surface area contributed by atoms with Crippen LogP contribution >= 0.6 is 11.5 Å². The van der Waals surface area contributed by atoms with Crippen LogP contribution in [0.3, 0.4) is 0 Å². The maximum Gasteiger partial charge on any atom is 0.202 e. The first-order valence-electron chi connectivity index (χ1n) is 4.49. The molecule has 0 bridgehead atoms. The smallest absolute Gasteiger partial charge is 0.202 e. The molecule has 0 saturated heterocycles. The SMILES string of the molecule is CC[C@H](CO)Nc1nc(COC)ns1. The number of aromatic nitrogens is 2. The molecule has 0 aromatic carbocycles. The molecule has 0 spiro atoms. The number of nitrogens with zero attached hydrogens (tertiary/aromatic N) is 2. The Labute approximate surface area is 87.3 Å². The molecule has 0 radical (unpaired) electrons. The number of aliphatic hydroxyl groups excluding tert-OH is 1. The molecular formula is C8H15N3O2S. The third-order valence-electron chi connectivity index (χ3n) is 1.78. The van der Waals surface area contributed by atoms with Gasteiger partial charge in [-0.3, -0.25) is 0 Å². The number of hydrogen-bond donors (Lipinski definition) is 2. The molecule has 0 amide bonds. The van der Waals surface area contributed by atoms with Crippen LogP contribution in [0.1, 0.15) is 19.2 Å². The van der Waals surface area contributed by atoms with Gasteiger partial charge in [0.25, 0.3) is 0 Å². The first kappa shape index (κ1) is 11.4. The molecule has 0 aliphatic heterocycles. The average molecular weight is 217 g/mol. The summed E-state index contributed by atoms with van der Waals surface area (Å²) in [6.45, 7) is 2.54. The van der Waals surface area contributed by atoms with Gasteiger partial charge in [0, 0.05) is 18.6 Å². The van der Waals surface area contributed by atoms with Gasteiger partial charge in [-0.05, 0) is 6.42 Å². The van der Waals surface area contributed by atoms with Crippen molar-refractivity contribution in [2.24, 2.45) is 0 Å². The van der Waals surface area contributed by atoms with Crippen molar-refractivity contribution < 1.29 is 9.84 Å². The van der Waals surface area contributed by atoms with Gasteiger partial charge < -0.3 is 15.2 Å². The van der Waals surface area contributed by atoms with Gasteiger partial charge in [0.1, 0.15) is 6.61 Å². The Kier molecular flexibility index (Phi) is 4.78. The lowest BCUT2D eigenvalue weighted by Gasteiger charge is -2.11. The number of anilines is 1. The third-order valence-corrected chi connectivity index (χ3v) is 2.47. The second-order valence-corrected chi connectivity index (χ2v) is 3.63. The minimum Gasteiger partial charge on any atom is -0.394 e. The largest absolute Gasteiger partial charge is 0.394 e. The Bertz CT molecular complexity index is 263. The molecule has 1 aromatic heterocycles. The zero-order valence-electron chi connectivity index (χ0n) is 8.36. The van der Waals surface area contributed by atoms with E-state index in [-0.39, 0.29) is 12.6 Å². The van der Waals surface area contributed by atoms with E-state index in [0.717, 1.165) is 11.6 Å². The fourth-order valence-corrected chi connectivity index (χ4v) is 1.60. The van der Waals surface area contributed by atoms with Gasteiger partial charge in [0.2, 0.25) is 5.13 Å². The summed E-state index contributed by atoms with van der Waals surface area (Å²) in [5.41, 5.74) is 0. The van der Waals surface area contributed by atoms with E-state index < -0.39 is 0 Å². The van der Waals surface area contributed by atoms with Crippen LogP contribution in [0.2, 0.25) is 0 Å². The number of methoxy groups -OCH3 is 1. The Hall–Kier alpha value is -0.720. The Morgan fingerprint density at radius 2 is 2.43 bits per heavy atom. The fourth-order valence-electron chi connectivity index (χ4n) is 0.952. The summed E-state index contributed by atoms with van der Waals surface area (Å²) < 4.78 is 8.99. The Morgan fingerprint density at radius 3 is 3.00 bits per heavy atom. The molecule has 5 nitrogen and oxygen atoms in total. The zero-order chi connectivity index (χ0) is 10.4. The molecule has 0 unspecified atom stereocenters. The molecule has 1 heterocycles. The minimum atomic E-state index is 0.0540. The van der Waals surface area contributed by atoms with Gasteiger partial charge in [0.05, 0.1) is 12.6 Å². The van der Waals surface area contributed by atoms with Crippen LogP contribution in [0.5, 0.6) is 0 Å². The van der Waals surface area contributed by atoms with E-state index in [4.69, 9.17) is 9.84 Å². The minimum absolute atomic E-state index is 0.0540. The fraction of sp³-hybridized carbons (Fsp3) is 0.750. The van der Waals surface area contributed by atoms with E-state index >= 15 is 0 Å². The number of rotatable bonds is 6. The highest BCUT2D eigenvalue weighted by molar-refractivity contribution is 7.09. The van der Waals surface area contributed by atoms with Crippen molar-refractivity contribution in [3.8, 4) is 0 Å². The van der Waals surface area contributed by atoms with E-state index in [1.807, 2.05) is 6.92 Å². The van der Waals surface area contributed by atoms with Gasteiger partial charge in [-0.2, -0.15) is 4.37 Å². The van der Waals surface area contributed by atoms with Crippen molar-refractivity contribution in [2.75, 3.05) is 19.0 Å². The van der Waals surface area contributed by atoms with E-state index in [1.54, 1.807) is 7.11 Å². The van der Waals surface area contributed by atoms with Crippen LogP contribution in [-0.2, 0) is 11.3 Å². The summed E-state index contributed by atoms with van der Waals surface area (Å²) in [7, 11) is 1.61. The van der Waals surface area contributed by atoms with E-state index in [0.29, 0.717) is 12.4 Å². The standard InChI is InChI=1S/C8H15N3O2S/c1-3-6(4-12)9-8-10-7(5-13-2)11-14-8/h6,12H,3-5H2,1-2H3,(H,9,10,11)/t6-/m1/s1. The van der Waals surface area contributed by atoms with Gasteiger partial charge >= 0.3 is 0 Å². The third kappa shape index (κ3) is 3.21. The maximum atomic E-state index is 8.97. The molecule has 80 valence electrons. The van der Waals surface area contributed by atoms with Crippen LogP contribution in [0, 0.1) is 0 Å². The van der Waals surface area contributed by atoms with Crippen LogP contribution in [0.25, 0.3) is 0 Å². The van der Waals surface area contributed by atoms with Crippen molar-refractivity contribution in [1.29, 1.82) is 0 Å². The van der Waals surface area contributed by atoms with Gasteiger partial charge in [0.15, 0.2) is 5.82 Å². The quantitative estimate of drug-likeness (QED) is 0.740. The number of aliphatic hydroxyl groups is 1. The lowest BCUT2D eigenvalue weighted by molar-refractivity contribution is 0.179. The van der Waals surface area contributed by atoms with Crippen molar-refractivity contribution in [1.82, 2.24) is 9.36 Å². The number of ether oxygens (including phenoxy) is 1. The molecular weight excluding hydrogens is 202 g/mol. The molecule has 2 N–H and O–H groups in total. The predicted octanol–water partition coefficient (Wildman–Crippen LogP) is 0.867. The normalized spacial score (nSPS) is 12.8. The van der Waals surface area contributed by atoms with Crippen LogP contribution in [0.15, 0.2) is 0 Å². The monoisotopic (exact) mass is 217 g/mol. The van der Waals surface area contributed by atoms with Crippen molar-refractivity contribution in [3.05, 3.63) is 5.82 Å². The topological polar surface area (TPSA) is 67.3 Å². The Morgan fingerprint density at radius 1 is 1.64 bits per heavy atom. The van der Waals surface area contributed by atoms with Gasteiger partial charge in [-0.1, -0.05) is 6.92 Å². The molecule has 1 atom stereocenters. The Balaban J connectivity index is 2.49. The first-order chi connectivity index (χ1) is 6.80. The summed E-state index contributed by atoms with van der Waals surface area (Å²) in [5, 5.41) is 12.8.